The zero-order chi connectivity index (χ0) is 22.0. The SMILES string of the molecule is [B]1N(c2ccc(-c3cccnc3)cn2)c2ccccc2N1c1ccc(-c2cccnc2)cn1. The van der Waals surface area contributed by atoms with Crippen molar-refractivity contribution in [1.82, 2.24) is 19.9 Å². The molecule has 7 heteroatoms. The summed E-state index contributed by atoms with van der Waals surface area (Å²) in [6, 6.07) is 24.4. The summed E-state index contributed by atoms with van der Waals surface area (Å²) in [4.78, 5) is 22.0. The fourth-order valence-electron chi connectivity index (χ4n) is 3.94. The number of pyridine rings is 4. The normalized spacial score (nSPS) is 12.4. The maximum Gasteiger partial charge on any atom is 0.403 e. The van der Waals surface area contributed by atoms with Crippen molar-refractivity contribution in [3.05, 3.63) is 110 Å². The lowest BCUT2D eigenvalue weighted by Gasteiger charge is -2.19. The van der Waals surface area contributed by atoms with Crippen LogP contribution in [0.2, 0.25) is 0 Å². The molecule has 0 saturated heterocycles. The van der Waals surface area contributed by atoms with E-state index in [1.807, 2.05) is 80.9 Å². The Bertz CT molecular complexity index is 1270. The van der Waals surface area contributed by atoms with E-state index in [2.05, 4.69) is 43.9 Å². The fraction of sp³-hybridized carbons (Fsp3) is 0. The van der Waals surface area contributed by atoms with Crippen LogP contribution < -0.4 is 9.62 Å². The second-order valence-corrected chi connectivity index (χ2v) is 7.64. The highest BCUT2D eigenvalue weighted by molar-refractivity contribution is 6.54. The van der Waals surface area contributed by atoms with Gasteiger partial charge in [-0.25, -0.2) is 9.97 Å². The van der Waals surface area contributed by atoms with Crippen LogP contribution in [0.15, 0.2) is 110 Å². The van der Waals surface area contributed by atoms with Crippen LogP contribution in [0.5, 0.6) is 0 Å². The minimum absolute atomic E-state index is 0.838. The molecule has 1 radical (unpaired) electrons. The van der Waals surface area contributed by atoms with Crippen molar-refractivity contribution >= 4 is 30.6 Å². The molecule has 0 fully saturated rings. The van der Waals surface area contributed by atoms with E-state index >= 15 is 0 Å². The predicted octanol–water partition coefficient (Wildman–Crippen LogP) is 5.42. The average molecular weight is 425 g/mol. The quantitative estimate of drug-likeness (QED) is 0.358. The van der Waals surface area contributed by atoms with E-state index in [4.69, 9.17) is 9.97 Å². The van der Waals surface area contributed by atoms with Gasteiger partial charge in [0.15, 0.2) is 0 Å². The molecule has 6 rings (SSSR count). The van der Waals surface area contributed by atoms with Gasteiger partial charge in [-0.3, -0.25) is 9.97 Å². The molecule has 5 heterocycles. The predicted molar refractivity (Wildman–Crippen MR) is 131 cm³/mol. The van der Waals surface area contributed by atoms with E-state index in [-0.39, 0.29) is 0 Å². The molecular formula is C26H18BN6. The largest absolute Gasteiger partial charge is 0.403 e. The third-order valence-corrected chi connectivity index (χ3v) is 5.61. The fourth-order valence-corrected chi connectivity index (χ4v) is 3.94. The summed E-state index contributed by atoms with van der Waals surface area (Å²) in [6.45, 7) is 0. The van der Waals surface area contributed by atoms with Gasteiger partial charge in [0.1, 0.15) is 11.6 Å². The molecule has 0 aliphatic carbocycles. The molecule has 0 spiro atoms. The number of fused-ring (bicyclic) bond motifs is 1. The van der Waals surface area contributed by atoms with Gasteiger partial charge >= 0.3 is 7.55 Å². The molecule has 0 saturated carbocycles. The van der Waals surface area contributed by atoms with Crippen LogP contribution >= 0.6 is 0 Å². The molecule has 0 N–H and O–H groups in total. The van der Waals surface area contributed by atoms with Crippen molar-refractivity contribution in [3.63, 3.8) is 0 Å². The molecule has 1 aromatic carbocycles. The van der Waals surface area contributed by atoms with Crippen molar-refractivity contribution in [3.8, 4) is 22.3 Å². The van der Waals surface area contributed by atoms with Crippen LogP contribution in [0, 0.1) is 0 Å². The molecular weight excluding hydrogens is 407 g/mol. The zero-order valence-electron chi connectivity index (χ0n) is 17.7. The minimum atomic E-state index is 0.838. The lowest BCUT2D eigenvalue weighted by molar-refractivity contribution is 1.23. The van der Waals surface area contributed by atoms with Crippen LogP contribution in [0.25, 0.3) is 22.3 Å². The van der Waals surface area contributed by atoms with Gasteiger partial charge in [-0.1, -0.05) is 24.3 Å². The summed E-state index contributed by atoms with van der Waals surface area (Å²) < 4.78 is 0. The summed E-state index contributed by atoms with van der Waals surface area (Å²) in [6.07, 6.45) is 11.0. The Hall–Kier alpha value is -4.52. The maximum atomic E-state index is 4.73. The molecule has 6 nitrogen and oxygen atoms in total. The van der Waals surface area contributed by atoms with Crippen LogP contribution in [0.1, 0.15) is 0 Å². The number of aromatic nitrogens is 4. The first-order valence-electron chi connectivity index (χ1n) is 10.6. The highest BCUT2D eigenvalue weighted by Crippen LogP contribution is 2.42. The van der Waals surface area contributed by atoms with Crippen LogP contribution in [-0.4, -0.2) is 27.5 Å². The summed E-state index contributed by atoms with van der Waals surface area (Å²) in [5, 5.41) is 0. The van der Waals surface area contributed by atoms with Gasteiger partial charge in [0, 0.05) is 59.4 Å². The van der Waals surface area contributed by atoms with Gasteiger partial charge in [-0.2, -0.15) is 0 Å². The van der Waals surface area contributed by atoms with Crippen molar-refractivity contribution in [2.75, 3.05) is 9.62 Å². The van der Waals surface area contributed by atoms with Gasteiger partial charge in [-0.05, 0) is 48.5 Å². The average Bonchev–Trinajstić information content (AvgIpc) is 3.30. The van der Waals surface area contributed by atoms with Gasteiger partial charge < -0.3 is 9.62 Å². The van der Waals surface area contributed by atoms with Gasteiger partial charge in [0.25, 0.3) is 0 Å². The monoisotopic (exact) mass is 425 g/mol. The third kappa shape index (κ3) is 3.59. The van der Waals surface area contributed by atoms with E-state index in [1.54, 1.807) is 12.4 Å². The van der Waals surface area contributed by atoms with Crippen molar-refractivity contribution in [2.24, 2.45) is 0 Å². The zero-order valence-corrected chi connectivity index (χ0v) is 17.7. The smallest absolute Gasteiger partial charge is 0.351 e. The molecule has 33 heavy (non-hydrogen) atoms. The first-order chi connectivity index (χ1) is 16.4. The van der Waals surface area contributed by atoms with Crippen LogP contribution in [-0.2, 0) is 0 Å². The third-order valence-electron chi connectivity index (χ3n) is 5.61. The number of anilines is 4. The summed E-state index contributed by atoms with van der Waals surface area (Å²) in [5.74, 6) is 1.68. The number of nitrogens with zero attached hydrogens (tertiary/aromatic N) is 6. The summed E-state index contributed by atoms with van der Waals surface area (Å²) in [7, 11) is 2.03. The Morgan fingerprint density at radius 2 is 0.970 bits per heavy atom. The molecule has 0 atom stereocenters. The summed E-state index contributed by atoms with van der Waals surface area (Å²) >= 11 is 0. The van der Waals surface area contributed by atoms with E-state index < -0.39 is 0 Å². The second kappa shape index (κ2) is 8.20. The Balaban J connectivity index is 1.31. The molecule has 0 bridgehead atoms. The lowest BCUT2D eigenvalue weighted by Crippen LogP contribution is -2.29. The van der Waals surface area contributed by atoms with Crippen molar-refractivity contribution in [1.29, 1.82) is 0 Å². The number of hydrogen-bond donors (Lipinski definition) is 0. The molecule has 5 aromatic rings. The van der Waals surface area contributed by atoms with E-state index in [0.717, 1.165) is 45.3 Å². The second-order valence-electron chi connectivity index (χ2n) is 7.64. The molecule has 1 aliphatic rings. The topological polar surface area (TPSA) is 58.0 Å². The molecule has 4 aromatic heterocycles. The highest BCUT2D eigenvalue weighted by atomic mass is 15.3. The number of para-hydroxylation sites is 2. The van der Waals surface area contributed by atoms with Crippen molar-refractivity contribution < 1.29 is 0 Å². The van der Waals surface area contributed by atoms with Gasteiger partial charge in [0.05, 0.1) is 11.4 Å². The summed E-state index contributed by atoms with van der Waals surface area (Å²) in [5.41, 5.74) is 6.26. The highest BCUT2D eigenvalue weighted by Gasteiger charge is 2.31. The number of rotatable bonds is 4. The van der Waals surface area contributed by atoms with E-state index in [1.165, 1.54) is 0 Å². The number of benzene rings is 1. The first kappa shape index (κ1) is 19.2. The van der Waals surface area contributed by atoms with Crippen molar-refractivity contribution in [2.45, 2.75) is 0 Å². The molecule has 155 valence electrons. The minimum Gasteiger partial charge on any atom is -0.351 e. The number of hydrogen-bond acceptors (Lipinski definition) is 6. The van der Waals surface area contributed by atoms with Gasteiger partial charge in [-0.15, -0.1) is 0 Å². The maximum absolute atomic E-state index is 4.73. The Kier molecular flexibility index (Phi) is 4.77. The molecule has 0 unspecified atom stereocenters. The van der Waals surface area contributed by atoms with E-state index in [9.17, 15) is 0 Å². The Morgan fingerprint density at radius 1 is 0.485 bits per heavy atom. The Morgan fingerprint density at radius 3 is 1.36 bits per heavy atom. The molecule has 0 amide bonds. The first-order valence-corrected chi connectivity index (χ1v) is 10.6. The van der Waals surface area contributed by atoms with Gasteiger partial charge in [0.2, 0.25) is 0 Å². The van der Waals surface area contributed by atoms with Crippen LogP contribution in [0.3, 0.4) is 0 Å². The standard InChI is InChI=1S/C26H18BN6/c1-2-8-24-23(7-1)32(25-11-9-21(17-30-25)19-5-3-13-28-15-19)27-33(24)26-12-10-22(18-31-26)20-6-4-14-29-16-20/h1-18H. The lowest BCUT2D eigenvalue weighted by atomic mass is 10.1. The van der Waals surface area contributed by atoms with E-state index in [0.29, 0.717) is 0 Å². The van der Waals surface area contributed by atoms with Crippen LogP contribution in [0.4, 0.5) is 23.0 Å². The Labute approximate surface area is 192 Å². The molecule has 1 aliphatic heterocycles.